The van der Waals surface area contributed by atoms with Crippen molar-refractivity contribution in [1.82, 2.24) is 20.3 Å². The third-order valence-electron chi connectivity index (χ3n) is 3.60. The van der Waals surface area contributed by atoms with E-state index in [0.29, 0.717) is 11.3 Å². The van der Waals surface area contributed by atoms with Gasteiger partial charge in [0.2, 0.25) is 5.88 Å². The Hall–Kier alpha value is -3.01. The predicted molar refractivity (Wildman–Crippen MR) is 92.2 cm³/mol. The van der Waals surface area contributed by atoms with E-state index in [1.165, 1.54) is 29.7 Å². The number of hydrogen-bond acceptors (Lipinski definition) is 6. The molecule has 1 aromatic carbocycles. The lowest BCUT2D eigenvalue weighted by atomic mass is 10.1. The van der Waals surface area contributed by atoms with Gasteiger partial charge in [0.05, 0.1) is 10.6 Å². The molecule has 0 fully saturated rings. The first kappa shape index (κ1) is 18.8. The zero-order valence-electron chi connectivity index (χ0n) is 13.9. The monoisotopic (exact) mass is 394 g/mol. The summed E-state index contributed by atoms with van der Waals surface area (Å²) in [6.07, 6.45) is -3.24. The lowest BCUT2D eigenvalue weighted by molar-refractivity contribution is -0.137. The van der Waals surface area contributed by atoms with Crippen LogP contribution < -0.4 is 5.32 Å². The highest BCUT2D eigenvalue weighted by atomic mass is 32.1. The Kier molecular flexibility index (Phi) is 5.08. The van der Waals surface area contributed by atoms with Gasteiger partial charge in [-0.15, -0.1) is 11.3 Å². The van der Waals surface area contributed by atoms with E-state index in [1.807, 2.05) is 6.92 Å². The number of aryl methyl sites for hydroxylation is 1. The molecule has 3 aromatic rings. The summed E-state index contributed by atoms with van der Waals surface area (Å²) in [5.74, 6) is -0.958. The van der Waals surface area contributed by atoms with Gasteiger partial charge in [0.25, 0.3) is 5.91 Å². The number of carbonyl (C=O) groups excluding carboxylic acids is 1. The minimum absolute atomic E-state index is 0.0105. The zero-order valence-corrected chi connectivity index (χ0v) is 14.7. The summed E-state index contributed by atoms with van der Waals surface area (Å²) in [7, 11) is 0. The van der Waals surface area contributed by atoms with Crippen molar-refractivity contribution < 1.29 is 23.1 Å². The Balaban J connectivity index is 1.67. The number of thiazole rings is 1. The summed E-state index contributed by atoms with van der Waals surface area (Å²) in [5.41, 5.74) is 0.0601. The van der Waals surface area contributed by atoms with Crippen LogP contribution in [0.2, 0.25) is 0 Å². The SMILES string of the molecule is Cc1nc(-c2ncc(C(=O)NCc3ccc(C(F)(F)F)cc3)c(O)n2)cs1. The third-order valence-corrected chi connectivity index (χ3v) is 4.37. The molecule has 0 unspecified atom stereocenters. The first-order valence-corrected chi connectivity index (χ1v) is 8.55. The second-order valence-electron chi connectivity index (χ2n) is 5.56. The van der Waals surface area contributed by atoms with Crippen LogP contribution in [-0.2, 0) is 12.7 Å². The third kappa shape index (κ3) is 4.40. The van der Waals surface area contributed by atoms with E-state index in [-0.39, 0.29) is 17.9 Å². The molecular weight excluding hydrogens is 381 g/mol. The van der Waals surface area contributed by atoms with E-state index in [9.17, 15) is 23.1 Å². The van der Waals surface area contributed by atoms with Gasteiger partial charge in [-0.1, -0.05) is 12.1 Å². The lowest BCUT2D eigenvalue weighted by Gasteiger charge is -2.09. The highest BCUT2D eigenvalue weighted by Gasteiger charge is 2.29. The van der Waals surface area contributed by atoms with Crippen LogP contribution in [-0.4, -0.2) is 26.0 Å². The largest absolute Gasteiger partial charge is 0.493 e. The number of aromatic nitrogens is 3. The van der Waals surface area contributed by atoms with Crippen LogP contribution >= 0.6 is 11.3 Å². The molecule has 2 aromatic heterocycles. The Labute approximate surface area is 155 Å². The maximum absolute atomic E-state index is 12.5. The first-order valence-electron chi connectivity index (χ1n) is 7.67. The lowest BCUT2D eigenvalue weighted by Crippen LogP contribution is -2.23. The number of aromatic hydroxyl groups is 1. The summed E-state index contributed by atoms with van der Waals surface area (Å²) >= 11 is 1.40. The Morgan fingerprint density at radius 3 is 2.48 bits per heavy atom. The van der Waals surface area contributed by atoms with Gasteiger partial charge in [0.1, 0.15) is 11.3 Å². The van der Waals surface area contributed by atoms with Crippen molar-refractivity contribution in [3.63, 3.8) is 0 Å². The predicted octanol–water partition coefficient (Wildman–Crippen LogP) is 3.56. The molecule has 10 heteroatoms. The number of amides is 1. The number of benzene rings is 1. The number of rotatable bonds is 4. The van der Waals surface area contributed by atoms with E-state index >= 15 is 0 Å². The molecule has 0 bridgehead atoms. The van der Waals surface area contributed by atoms with Gasteiger partial charge in [-0.2, -0.15) is 18.2 Å². The minimum atomic E-state index is -4.41. The summed E-state index contributed by atoms with van der Waals surface area (Å²) < 4.78 is 37.6. The van der Waals surface area contributed by atoms with Crippen molar-refractivity contribution in [2.45, 2.75) is 19.6 Å². The molecule has 0 saturated heterocycles. The molecule has 3 rings (SSSR count). The number of nitrogens with zero attached hydrogens (tertiary/aromatic N) is 3. The van der Waals surface area contributed by atoms with Gasteiger partial charge < -0.3 is 10.4 Å². The van der Waals surface area contributed by atoms with Crippen molar-refractivity contribution in [2.24, 2.45) is 0 Å². The van der Waals surface area contributed by atoms with E-state index in [2.05, 4.69) is 20.3 Å². The molecule has 0 aliphatic rings. The zero-order chi connectivity index (χ0) is 19.6. The fraction of sp³-hybridized carbons (Fsp3) is 0.176. The van der Waals surface area contributed by atoms with Crippen LogP contribution in [0.4, 0.5) is 13.2 Å². The topological polar surface area (TPSA) is 88.0 Å². The van der Waals surface area contributed by atoms with Gasteiger partial charge in [-0.05, 0) is 24.6 Å². The summed E-state index contributed by atoms with van der Waals surface area (Å²) in [6.45, 7) is 1.81. The molecule has 2 heterocycles. The minimum Gasteiger partial charge on any atom is -0.493 e. The molecule has 2 N–H and O–H groups in total. The van der Waals surface area contributed by atoms with E-state index in [0.717, 1.165) is 17.1 Å². The average Bonchev–Trinajstić information content (AvgIpc) is 3.05. The van der Waals surface area contributed by atoms with E-state index < -0.39 is 23.5 Å². The van der Waals surface area contributed by atoms with Crippen molar-refractivity contribution in [2.75, 3.05) is 0 Å². The van der Waals surface area contributed by atoms with Crippen LogP contribution in [0, 0.1) is 6.92 Å². The highest BCUT2D eigenvalue weighted by Crippen LogP contribution is 2.29. The molecule has 6 nitrogen and oxygen atoms in total. The fourth-order valence-corrected chi connectivity index (χ4v) is 2.80. The fourth-order valence-electron chi connectivity index (χ4n) is 2.21. The molecule has 0 aliphatic heterocycles. The van der Waals surface area contributed by atoms with E-state index in [1.54, 1.807) is 5.38 Å². The van der Waals surface area contributed by atoms with Gasteiger partial charge in [0.15, 0.2) is 5.82 Å². The second kappa shape index (κ2) is 7.31. The number of halogens is 3. The maximum atomic E-state index is 12.5. The number of hydrogen-bond donors (Lipinski definition) is 2. The standard InChI is InChI=1S/C17H13F3N4O2S/c1-9-23-13(8-27-9)14-21-7-12(16(26)24-14)15(25)22-6-10-2-4-11(5-3-10)17(18,19)20/h2-5,7-8H,6H2,1H3,(H,22,25)(H,21,24,26). The first-order chi connectivity index (χ1) is 12.7. The number of nitrogens with one attached hydrogen (secondary N) is 1. The summed E-state index contributed by atoms with van der Waals surface area (Å²) in [6, 6.07) is 4.42. The summed E-state index contributed by atoms with van der Waals surface area (Å²) in [4.78, 5) is 24.3. The molecule has 140 valence electrons. The van der Waals surface area contributed by atoms with Gasteiger partial charge >= 0.3 is 6.18 Å². The molecule has 0 radical (unpaired) electrons. The van der Waals surface area contributed by atoms with E-state index in [4.69, 9.17) is 0 Å². The van der Waals surface area contributed by atoms with Gasteiger partial charge in [-0.3, -0.25) is 4.79 Å². The van der Waals surface area contributed by atoms with Crippen molar-refractivity contribution in [3.8, 4) is 17.4 Å². The molecule has 0 atom stereocenters. The van der Waals surface area contributed by atoms with Gasteiger partial charge in [-0.25, -0.2) is 9.97 Å². The molecule has 0 aliphatic carbocycles. The van der Waals surface area contributed by atoms with Crippen LogP contribution in [0.15, 0.2) is 35.8 Å². The van der Waals surface area contributed by atoms with Crippen LogP contribution in [0.5, 0.6) is 5.88 Å². The van der Waals surface area contributed by atoms with Crippen LogP contribution in [0.1, 0.15) is 26.5 Å². The smallest absolute Gasteiger partial charge is 0.416 e. The normalized spacial score (nSPS) is 11.4. The highest BCUT2D eigenvalue weighted by molar-refractivity contribution is 7.09. The number of alkyl halides is 3. The van der Waals surface area contributed by atoms with Gasteiger partial charge in [0, 0.05) is 18.1 Å². The van der Waals surface area contributed by atoms with Crippen molar-refractivity contribution in [3.05, 3.63) is 57.5 Å². The second-order valence-corrected chi connectivity index (χ2v) is 6.62. The number of carbonyl (C=O) groups is 1. The molecule has 0 saturated carbocycles. The van der Waals surface area contributed by atoms with Crippen LogP contribution in [0.25, 0.3) is 11.5 Å². The molecular formula is C17H13F3N4O2S. The van der Waals surface area contributed by atoms with Crippen LogP contribution in [0.3, 0.4) is 0 Å². The van der Waals surface area contributed by atoms with Crippen molar-refractivity contribution in [1.29, 1.82) is 0 Å². The maximum Gasteiger partial charge on any atom is 0.416 e. The molecule has 1 amide bonds. The average molecular weight is 394 g/mol. The molecule has 0 spiro atoms. The molecule has 27 heavy (non-hydrogen) atoms. The Morgan fingerprint density at radius 1 is 1.22 bits per heavy atom. The van der Waals surface area contributed by atoms with Crippen molar-refractivity contribution >= 4 is 17.2 Å². The summed E-state index contributed by atoms with van der Waals surface area (Å²) in [5, 5.41) is 15.0. The Bertz CT molecular complexity index is 971. The Morgan fingerprint density at radius 2 is 1.93 bits per heavy atom. The quantitative estimate of drug-likeness (QED) is 0.706.